The lowest BCUT2D eigenvalue weighted by molar-refractivity contribution is 0.384. The van der Waals surface area contributed by atoms with Crippen molar-refractivity contribution in [1.29, 1.82) is 0 Å². The predicted octanol–water partition coefficient (Wildman–Crippen LogP) is 4.78. The van der Waals surface area contributed by atoms with Crippen LogP contribution in [0.25, 0.3) is 0 Å². The van der Waals surface area contributed by atoms with Crippen LogP contribution < -0.4 is 5.32 Å². The quantitative estimate of drug-likeness (QED) is 0.779. The van der Waals surface area contributed by atoms with Crippen LogP contribution in [0, 0.1) is 5.92 Å². The monoisotopic (exact) mass is 275 g/mol. The Balaban J connectivity index is 1.67. The van der Waals surface area contributed by atoms with Gasteiger partial charge in [-0.05, 0) is 49.0 Å². The molecular weight excluding hydrogens is 250 g/mol. The van der Waals surface area contributed by atoms with Gasteiger partial charge in [-0.25, -0.2) is 0 Å². The Morgan fingerprint density at radius 3 is 2.89 bits per heavy atom. The van der Waals surface area contributed by atoms with Gasteiger partial charge in [0.25, 0.3) is 0 Å². The molecule has 1 aromatic rings. The van der Waals surface area contributed by atoms with E-state index in [2.05, 4.69) is 36.5 Å². The van der Waals surface area contributed by atoms with Crippen LogP contribution in [0.4, 0.5) is 0 Å². The molecule has 2 heteroatoms. The molecule has 0 bridgehead atoms. The molecule has 1 N–H and O–H groups in total. The molecule has 3 atom stereocenters. The zero-order valence-corrected chi connectivity index (χ0v) is 12.7. The molecule has 1 aliphatic carbocycles. The summed E-state index contributed by atoms with van der Waals surface area (Å²) in [5.41, 5.74) is 1.54. The summed E-state index contributed by atoms with van der Waals surface area (Å²) in [6.45, 7) is 2.41. The molecule has 1 aromatic carbocycles. The summed E-state index contributed by atoms with van der Waals surface area (Å²) < 4.78 is 0. The van der Waals surface area contributed by atoms with Gasteiger partial charge >= 0.3 is 0 Å². The highest BCUT2D eigenvalue weighted by Gasteiger charge is 2.24. The first kappa shape index (κ1) is 13.5. The van der Waals surface area contributed by atoms with Crippen LogP contribution >= 0.6 is 11.8 Å². The molecule has 1 nitrogen and oxygen atoms in total. The first-order chi connectivity index (χ1) is 9.33. The lowest BCUT2D eigenvalue weighted by Gasteiger charge is -2.30. The van der Waals surface area contributed by atoms with Crippen molar-refractivity contribution in [1.82, 2.24) is 5.32 Å². The zero-order valence-electron chi connectivity index (χ0n) is 11.9. The van der Waals surface area contributed by atoms with E-state index in [1.54, 1.807) is 0 Å². The third-order valence-electron chi connectivity index (χ3n) is 4.65. The van der Waals surface area contributed by atoms with Gasteiger partial charge in [0.05, 0.1) is 0 Å². The maximum Gasteiger partial charge on any atom is 0.0341 e. The lowest BCUT2D eigenvalue weighted by atomic mass is 10.00. The Hall–Kier alpha value is -0.470. The van der Waals surface area contributed by atoms with Gasteiger partial charge in [-0.2, -0.15) is 0 Å². The minimum absolute atomic E-state index is 0.593. The van der Waals surface area contributed by atoms with Crippen LogP contribution in [-0.2, 0) is 0 Å². The number of hydrogen-bond acceptors (Lipinski definition) is 2. The van der Waals surface area contributed by atoms with Crippen LogP contribution in [0.3, 0.4) is 0 Å². The van der Waals surface area contributed by atoms with Crippen LogP contribution in [0.15, 0.2) is 29.2 Å². The second-order valence-electron chi connectivity index (χ2n) is 6.20. The smallest absolute Gasteiger partial charge is 0.0341 e. The van der Waals surface area contributed by atoms with Gasteiger partial charge in [0.1, 0.15) is 0 Å². The van der Waals surface area contributed by atoms with Crippen LogP contribution in [0.1, 0.15) is 57.1 Å². The van der Waals surface area contributed by atoms with Crippen molar-refractivity contribution < 1.29 is 0 Å². The van der Waals surface area contributed by atoms with Crippen LogP contribution in [0.5, 0.6) is 0 Å². The van der Waals surface area contributed by atoms with E-state index in [0.717, 1.165) is 12.0 Å². The number of hydrogen-bond donors (Lipinski definition) is 1. The van der Waals surface area contributed by atoms with Crippen molar-refractivity contribution >= 4 is 11.8 Å². The van der Waals surface area contributed by atoms with Crippen LogP contribution in [-0.4, -0.2) is 11.8 Å². The molecule has 104 valence electrons. The lowest BCUT2D eigenvalue weighted by Crippen LogP contribution is -2.34. The average Bonchev–Trinajstić information content (AvgIpc) is 2.64. The molecule has 0 radical (unpaired) electrons. The van der Waals surface area contributed by atoms with Crippen LogP contribution in [0.2, 0.25) is 0 Å². The van der Waals surface area contributed by atoms with Gasteiger partial charge in [0.2, 0.25) is 0 Å². The Morgan fingerprint density at radius 1 is 1.05 bits per heavy atom. The molecule has 1 aliphatic heterocycles. The van der Waals surface area contributed by atoms with Crippen molar-refractivity contribution in [2.24, 2.45) is 5.92 Å². The fourth-order valence-corrected chi connectivity index (χ4v) is 4.58. The third-order valence-corrected chi connectivity index (χ3v) is 5.78. The van der Waals surface area contributed by atoms with Crippen molar-refractivity contribution in [2.75, 3.05) is 5.75 Å². The summed E-state index contributed by atoms with van der Waals surface area (Å²) in [6.07, 6.45) is 8.26. The molecule has 19 heavy (non-hydrogen) atoms. The minimum atomic E-state index is 0.593. The highest BCUT2D eigenvalue weighted by molar-refractivity contribution is 7.99. The Labute approximate surface area is 121 Å². The van der Waals surface area contributed by atoms with Gasteiger partial charge in [-0.1, -0.05) is 38.0 Å². The van der Waals surface area contributed by atoms with Gasteiger partial charge in [-0.3, -0.25) is 0 Å². The number of nitrogens with one attached hydrogen (secondary N) is 1. The minimum Gasteiger partial charge on any atom is -0.307 e. The molecule has 1 fully saturated rings. The highest BCUT2D eigenvalue weighted by atomic mass is 32.2. The molecular formula is C17H25NS. The Kier molecular flexibility index (Phi) is 4.49. The fraction of sp³-hybridized carbons (Fsp3) is 0.647. The maximum atomic E-state index is 3.96. The zero-order chi connectivity index (χ0) is 13.1. The van der Waals surface area contributed by atoms with Crippen molar-refractivity contribution in [3.8, 4) is 0 Å². The number of thioether (sulfide) groups is 1. The molecule has 0 amide bonds. The maximum absolute atomic E-state index is 3.96. The average molecular weight is 275 g/mol. The largest absolute Gasteiger partial charge is 0.307 e. The molecule has 1 heterocycles. The van der Waals surface area contributed by atoms with E-state index in [4.69, 9.17) is 0 Å². The van der Waals surface area contributed by atoms with E-state index in [0.29, 0.717) is 6.04 Å². The van der Waals surface area contributed by atoms with Crippen molar-refractivity contribution in [2.45, 2.75) is 62.4 Å². The van der Waals surface area contributed by atoms with E-state index in [-0.39, 0.29) is 0 Å². The number of benzene rings is 1. The van der Waals surface area contributed by atoms with E-state index in [9.17, 15) is 0 Å². The van der Waals surface area contributed by atoms with E-state index < -0.39 is 0 Å². The summed E-state index contributed by atoms with van der Waals surface area (Å²) in [4.78, 5) is 1.49. The van der Waals surface area contributed by atoms with E-state index >= 15 is 0 Å². The normalized spacial score (nSPS) is 31.5. The second kappa shape index (κ2) is 6.32. The molecule has 0 saturated heterocycles. The van der Waals surface area contributed by atoms with Gasteiger partial charge in [-0.15, -0.1) is 11.8 Å². The second-order valence-corrected chi connectivity index (χ2v) is 7.34. The van der Waals surface area contributed by atoms with Crippen molar-refractivity contribution in [3.05, 3.63) is 29.8 Å². The third kappa shape index (κ3) is 3.35. The molecule has 0 spiro atoms. The summed E-state index contributed by atoms with van der Waals surface area (Å²) in [5.74, 6) is 2.19. The van der Waals surface area contributed by atoms with Gasteiger partial charge < -0.3 is 5.32 Å². The van der Waals surface area contributed by atoms with E-state index in [1.807, 2.05) is 11.8 Å². The van der Waals surface area contributed by atoms with Gasteiger partial charge in [0.15, 0.2) is 0 Å². The topological polar surface area (TPSA) is 12.0 Å². The van der Waals surface area contributed by atoms with Crippen molar-refractivity contribution in [3.63, 3.8) is 0 Å². The molecule has 3 rings (SSSR count). The highest BCUT2D eigenvalue weighted by Crippen LogP contribution is 2.36. The summed E-state index contributed by atoms with van der Waals surface area (Å²) in [5, 5.41) is 3.96. The first-order valence-electron chi connectivity index (χ1n) is 7.80. The van der Waals surface area contributed by atoms with Gasteiger partial charge in [0, 0.05) is 17.0 Å². The standard InChI is InChI=1S/C17H25NS/c1-13-5-4-6-14(10-9-13)18-16-11-12-19-17-8-3-2-7-15(16)17/h2-3,7-8,13-14,16,18H,4-6,9-12H2,1H3. The Morgan fingerprint density at radius 2 is 1.95 bits per heavy atom. The van der Waals surface area contributed by atoms with E-state index in [1.165, 1.54) is 54.7 Å². The number of rotatable bonds is 2. The predicted molar refractivity (Wildman–Crippen MR) is 83.7 cm³/mol. The molecule has 1 saturated carbocycles. The summed E-state index contributed by atoms with van der Waals surface area (Å²) in [6, 6.07) is 10.3. The molecule has 2 aliphatic rings. The Bertz CT molecular complexity index is 417. The molecule has 0 aromatic heterocycles. The first-order valence-corrected chi connectivity index (χ1v) is 8.79. The fourth-order valence-electron chi connectivity index (χ4n) is 3.45. The summed E-state index contributed by atoms with van der Waals surface area (Å²) >= 11 is 2.02. The summed E-state index contributed by atoms with van der Waals surface area (Å²) in [7, 11) is 0. The SMILES string of the molecule is CC1CCCC(NC2CCSc3ccccc32)CC1. The molecule has 3 unspecified atom stereocenters. The number of fused-ring (bicyclic) bond motifs is 1.